The number of aromatic hydroxyl groups is 4. The molecule has 2 amide bonds. The Kier molecular flexibility index (Phi) is 32.9. The lowest BCUT2D eigenvalue weighted by Gasteiger charge is -2.20. The van der Waals surface area contributed by atoms with E-state index in [0.717, 1.165) is 110 Å². The largest absolute Gasteiger partial charge is 0.508 e. The number of phenolic OH excluding ortho intramolecular Hbond substituents is 4. The zero-order valence-electron chi connectivity index (χ0n) is 78.2. The fourth-order valence-electron chi connectivity index (χ4n) is 17.0. The van der Waals surface area contributed by atoms with Gasteiger partial charge in [-0.2, -0.15) is 0 Å². The Bertz CT molecular complexity index is 6710. The van der Waals surface area contributed by atoms with Crippen molar-refractivity contribution in [3.05, 3.63) is 470 Å². The van der Waals surface area contributed by atoms with Gasteiger partial charge in [-0.25, -0.2) is 0 Å². The van der Waals surface area contributed by atoms with E-state index in [-0.39, 0.29) is 64.2 Å². The number of carbonyl (C=O) groups is 4. The Labute approximate surface area is 794 Å². The molecule has 0 saturated carbocycles. The number of non-ortho nitro benzene ring substituents is 2. The number of carbonyl (C=O) groups excluding carboxylic acids is 4. The number of benzodiazepines with no additional fused rings is 2. The van der Waals surface area contributed by atoms with Gasteiger partial charge in [0.05, 0.1) is 44.1 Å². The van der Waals surface area contributed by atoms with E-state index >= 15 is 0 Å². The van der Waals surface area contributed by atoms with Gasteiger partial charge in [-0.3, -0.25) is 59.4 Å². The molecular formula is C116H112N8O12. The SMILES string of the molecule is CCc1ccc(CC2N=C(c3ccc(O)cc3)c3cc([N+](=O)[O-])ccc3CC2=O)cc1CC.CCc1ccc(CC2N=C(c3ccc(O)cc3)c3cc([N+](=O)[O-])ccc3N(C)C2=O)cc1CC.Cc1ccc2c(c1)C(c1ccc(O)cc1)=NC(Cc1ccccc1)C(=O)C2.Cc1ccc2c(c1)C(c1ccc(O)cc1)=NC(Cc1ccccc1)C(=O)N2C.Cc1ccccc1.Cc1ccccc1. The van der Waals surface area contributed by atoms with E-state index in [0.29, 0.717) is 71.5 Å². The number of amides is 2. The molecule has 20 heteroatoms. The topological polar surface area (TPSA) is 291 Å². The van der Waals surface area contributed by atoms with Gasteiger partial charge in [0.25, 0.3) is 23.2 Å². The van der Waals surface area contributed by atoms with Crippen molar-refractivity contribution >= 4 is 69.0 Å². The Morgan fingerprint density at radius 3 is 0.949 bits per heavy atom. The monoisotopic (exact) mass is 1810 g/mol. The standard InChI is InChI=1S/C27H27N3O4.C27H26N2O4.C24H22N2O2.C24H21NO2.2C7H8/c1-4-18-7-6-17(14-19(18)5-2)15-24-27(32)29(3)25-13-10-21(30(33)34)16-23(25)26(28-24)20-8-11-22(31)12-9-20;1-3-18-6-5-17(13-19(18)4-2)14-25-26(31)15-21-7-10-22(29(32)33)16-24(21)27(28-25)20-8-11-23(30)12-9-20;1-16-8-13-22-20(14-16)23(18-9-11-19(27)12-10-18)25-21(24(28)26(22)2)15-17-6-4-3-5-7-17;1-16-7-8-19-15-23(27)22(14-17-5-3-2-4-6-17)25-24(21(19)13-16)18-9-11-20(26)12-10-18;2*1-7-5-3-2-4-6-7/h6-14,16,24,31H,4-5,15H2,1-3H3;5-13,16,25,30H,3-4,14-15H2,1-2H3;3-14,21,27H,15H2,1-2H3;2-13,22,26H,14-15H2,1H3;2*2-6H,1H3. The molecule has 4 unspecified atom stereocenters. The van der Waals surface area contributed by atoms with E-state index in [1.807, 2.05) is 173 Å². The Morgan fingerprint density at radius 1 is 0.301 bits per heavy atom. The van der Waals surface area contributed by atoms with Crippen molar-refractivity contribution in [2.45, 2.75) is 144 Å². The number of benzene rings is 14. The summed E-state index contributed by atoms with van der Waals surface area (Å²) in [5.41, 5.74) is 26.1. The molecular weight excluding hydrogens is 1700 g/mol. The second kappa shape index (κ2) is 45.9. The molecule has 4 aliphatic heterocycles. The van der Waals surface area contributed by atoms with Crippen LogP contribution in [-0.4, -0.2) is 115 Å². The maximum absolute atomic E-state index is 13.5. The number of hydrogen-bond acceptors (Lipinski definition) is 16. The molecule has 0 fully saturated rings. The molecule has 0 aromatic heterocycles. The minimum absolute atomic E-state index is 0.0171. The van der Waals surface area contributed by atoms with Crippen LogP contribution in [0.25, 0.3) is 0 Å². The first kappa shape index (κ1) is 97.6. The first-order valence-electron chi connectivity index (χ1n) is 45.8. The van der Waals surface area contributed by atoms with Gasteiger partial charge >= 0.3 is 0 Å². The van der Waals surface area contributed by atoms with Crippen LogP contribution in [0.2, 0.25) is 0 Å². The lowest BCUT2D eigenvalue weighted by atomic mass is 9.93. The van der Waals surface area contributed by atoms with Crippen molar-refractivity contribution in [2.24, 2.45) is 20.0 Å². The summed E-state index contributed by atoms with van der Waals surface area (Å²) in [5, 5.41) is 61.7. The summed E-state index contributed by atoms with van der Waals surface area (Å²) in [4.78, 5) is 97.7. The molecule has 18 rings (SSSR count). The molecule has 4 N–H and O–H groups in total. The van der Waals surface area contributed by atoms with Crippen LogP contribution in [0.4, 0.5) is 22.7 Å². The first-order valence-corrected chi connectivity index (χ1v) is 45.8. The molecule has 0 radical (unpaired) electrons. The van der Waals surface area contributed by atoms with Crippen LogP contribution in [0, 0.1) is 47.9 Å². The lowest BCUT2D eigenvalue weighted by Crippen LogP contribution is -2.36. The van der Waals surface area contributed by atoms with Gasteiger partial charge in [0.15, 0.2) is 11.6 Å². The molecule has 4 heterocycles. The van der Waals surface area contributed by atoms with Gasteiger partial charge < -0.3 is 30.2 Å². The number of aliphatic imine (C=N–C) groups is 4. The molecule has 136 heavy (non-hydrogen) atoms. The highest BCUT2D eigenvalue weighted by Gasteiger charge is 2.35. The molecule has 0 aliphatic carbocycles. The molecule has 14 aromatic rings. The number of likely N-dealkylation sites (N-methyl/N-ethyl adjacent to an activating group) is 2. The normalized spacial score (nSPS) is 15.2. The summed E-state index contributed by atoms with van der Waals surface area (Å²) in [6, 6.07) is 99.2. The average molecular weight is 1810 g/mol. The smallest absolute Gasteiger partial charge is 0.270 e. The van der Waals surface area contributed by atoms with Crippen LogP contribution >= 0.6 is 0 Å². The van der Waals surface area contributed by atoms with Gasteiger partial charge in [0, 0.05) is 121 Å². The van der Waals surface area contributed by atoms with E-state index in [2.05, 4.69) is 108 Å². The summed E-state index contributed by atoms with van der Waals surface area (Å²) in [5.74, 6) is 0.553. The third-order valence-electron chi connectivity index (χ3n) is 24.4. The van der Waals surface area contributed by atoms with Crippen LogP contribution < -0.4 is 9.80 Å². The maximum atomic E-state index is 13.5. The van der Waals surface area contributed by atoms with E-state index in [1.165, 1.54) is 74.7 Å². The number of fused-ring (bicyclic) bond motifs is 4. The van der Waals surface area contributed by atoms with Crippen LogP contribution in [0.15, 0.2) is 348 Å². The van der Waals surface area contributed by atoms with Gasteiger partial charge in [-0.15, -0.1) is 0 Å². The third-order valence-corrected chi connectivity index (χ3v) is 24.4. The van der Waals surface area contributed by atoms with Crippen LogP contribution in [-0.2, 0) is 83.4 Å². The lowest BCUT2D eigenvalue weighted by molar-refractivity contribution is -0.385. The number of ketones is 2. The second-order valence-corrected chi connectivity index (χ2v) is 34.2. The Balaban J connectivity index is 0.000000146. The highest BCUT2D eigenvalue weighted by molar-refractivity contribution is 6.22. The van der Waals surface area contributed by atoms with E-state index in [4.69, 9.17) is 20.0 Å². The third kappa shape index (κ3) is 25.1. The van der Waals surface area contributed by atoms with Crippen molar-refractivity contribution < 1.29 is 49.5 Å². The fourth-order valence-corrected chi connectivity index (χ4v) is 17.0. The number of nitrogens with zero attached hydrogens (tertiary/aromatic N) is 8. The number of rotatable bonds is 18. The summed E-state index contributed by atoms with van der Waals surface area (Å²) < 4.78 is 0. The number of phenols is 4. The number of anilines is 2. The van der Waals surface area contributed by atoms with Crippen LogP contribution in [0.5, 0.6) is 23.0 Å². The fraction of sp³-hybridized carbons (Fsp3) is 0.207. The number of nitro groups is 2. The predicted octanol–water partition coefficient (Wildman–Crippen LogP) is 22.2. The van der Waals surface area contributed by atoms with Gasteiger partial charge in [0.1, 0.15) is 47.2 Å². The molecule has 4 aliphatic rings. The van der Waals surface area contributed by atoms with Crippen molar-refractivity contribution in [3.63, 3.8) is 0 Å². The quantitative estimate of drug-likeness (QED) is 0.0461. The summed E-state index contributed by atoms with van der Waals surface area (Å²) in [7, 11) is 3.48. The van der Waals surface area contributed by atoms with Crippen molar-refractivity contribution in [1.82, 2.24) is 0 Å². The Morgan fingerprint density at radius 2 is 0.588 bits per heavy atom. The summed E-state index contributed by atoms with van der Waals surface area (Å²) in [6.45, 7) is 16.7. The van der Waals surface area contributed by atoms with Crippen molar-refractivity contribution in [2.75, 3.05) is 23.9 Å². The summed E-state index contributed by atoms with van der Waals surface area (Å²) >= 11 is 0. The highest BCUT2D eigenvalue weighted by Crippen LogP contribution is 2.36. The Hall–Kier alpha value is -16.0. The zero-order valence-corrected chi connectivity index (χ0v) is 78.2. The second-order valence-electron chi connectivity index (χ2n) is 34.2. The molecule has 20 nitrogen and oxygen atoms in total. The van der Waals surface area contributed by atoms with Gasteiger partial charge in [-0.1, -0.05) is 232 Å². The molecule has 14 aromatic carbocycles. The van der Waals surface area contributed by atoms with E-state index in [9.17, 15) is 59.8 Å². The van der Waals surface area contributed by atoms with Crippen LogP contribution in [0.3, 0.4) is 0 Å². The number of Topliss-reactive ketones (excluding diaryl/α,β-unsaturated/α-hetero) is 2. The zero-order chi connectivity index (χ0) is 96.6. The molecule has 0 saturated heterocycles. The minimum atomic E-state index is -0.697. The molecule has 0 spiro atoms. The molecule has 4 atom stereocenters. The van der Waals surface area contributed by atoms with Gasteiger partial charge in [0.2, 0.25) is 0 Å². The van der Waals surface area contributed by atoms with Crippen molar-refractivity contribution in [3.8, 4) is 23.0 Å². The number of aryl methyl sites for hydroxylation is 8. The van der Waals surface area contributed by atoms with Crippen LogP contribution in [0.1, 0.15) is 150 Å². The number of hydrogen-bond donors (Lipinski definition) is 4. The van der Waals surface area contributed by atoms with Crippen molar-refractivity contribution in [1.29, 1.82) is 0 Å². The first-order chi connectivity index (χ1) is 65.6. The molecule has 0 bridgehead atoms. The van der Waals surface area contributed by atoms with E-state index < -0.39 is 34.0 Å². The van der Waals surface area contributed by atoms with E-state index in [1.54, 1.807) is 84.7 Å². The minimum Gasteiger partial charge on any atom is -0.508 e. The summed E-state index contributed by atoms with van der Waals surface area (Å²) in [6.07, 6.45) is 6.31. The molecule has 688 valence electrons. The van der Waals surface area contributed by atoms with Gasteiger partial charge in [-0.05, 0) is 230 Å². The maximum Gasteiger partial charge on any atom is 0.270 e. The average Bonchev–Trinajstić information content (AvgIpc) is 1.63. The predicted molar refractivity (Wildman–Crippen MR) is 543 cm³/mol. The number of nitro benzene ring substituents is 2. The highest BCUT2D eigenvalue weighted by atomic mass is 16.6.